The lowest BCUT2D eigenvalue weighted by atomic mass is 10.2. The quantitative estimate of drug-likeness (QED) is 0.262. The normalized spacial score (nSPS) is 8.10. The van der Waals surface area contributed by atoms with Gasteiger partial charge in [-0.1, -0.05) is 75.7 Å². The molecule has 4 aromatic rings. The van der Waals surface area contributed by atoms with E-state index < -0.39 is 0 Å². The van der Waals surface area contributed by atoms with E-state index in [2.05, 4.69) is 40.7 Å². The summed E-state index contributed by atoms with van der Waals surface area (Å²) in [5, 5.41) is 2.20. The van der Waals surface area contributed by atoms with Crippen LogP contribution in [0.25, 0.3) is 22.1 Å². The molecule has 31 heavy (non-hydrogen) atoms. The molecule has 0 amide bonds. The number of anilines is 1. The van der Waals surface area contributed by atoms with Crippen LogP contribution in [0.4, 0.5) is 5.69 Å². The number of aromatic amines is 2. The third-order valence-corrected chi connectivity index (χ3v) is 3.16. The molecule has 0 unspecified atom stereocenters. The number of fused-ring (bicyclic) bond motifs is 2. The van der Waals surface area contributed by atoms with Crippen LogP contribution in [0.15, 0.2) is 49.1 Å². The van der Waals surface area contributed by atoms with Crippen molar-refractivity contribution in [3.05, 3.63) is 54.6 Å². The minimum Gasteiger partial charge on any atom is -0.397 e. The van der Waals surface area contributed by atoms with Crippen molar-refractivity contribution in [3.8, 4) is 0 Å². The van der Waals surface area contributed by atoms with E-state index in [1.807, 2.05) is 92.0 Å². The molecule has 0 aromatic carbocycles. The van der Waals surface area contributed by atoms with Crippen molar-refractivity contribution in [1.29, 1.82) is 0 Å². The van der Waals surface area contributed by atoms with Crippen LogP contribution in [0.3, 0.4) is 0 Å². The molecule has 4 rings (SSSR count). The Hall–Kier alpha value is -2.82. The summed E-state index contributed by atoms with van der Waals surface area (Å²) in [6.45, 7) is 22.3. The van der Waals surface area contributed by atoms with Crippen molar-refractivity contribution < 1.29 is 0 Å². The van der Waals surface area contributed by atoms with Crippen LogP contribution >= 0.6 is 0 Å². The minimum atomic E-state index is 0.753. The van der Waals surface area contributed by atoms with Crippen molar-refractivity contribution in [2.45, 2.75) is 82.6 Å². The Labute approximate surface area is 190 Å². The molecule has 0 fully saturated rings. The van der Waals surface area contributed by atoms with Gasteiger partial charge in [-0.15, -0.1) is 0 Å². The zero-order chi connectivity index (χ0) is 24.7. The molecule has 0 bridgehead atoms. The molecule has 4 N–H and O–H groups in total. The maximum Gasteiger partial charge on any atom is 0.139 e. The van der Waals surface area contributed by atoms with E-state index in [1.54, 1.807) is 12.4 Å². The monoisotopic (exact) mass is 429 g/mol. The third-order valence-electron chi connectivity index (χ3n) is 3.16. The standard InChI is InChI=1S/C8H8N2.C7H7N3.C3H8.4C2H6/c1-6-2-4-9-8-7(6)3-5-10-8;8-6-4-10-7-5(6)2-1-3-9-7;1-3-2;4*1-2/h2-5H,1H3,(H,9,10);1-4H,8H2,(H,9,10);3H2,1-2H3;4*1-2H3. The van der Waals surface area contributed by atoms with Crippen molar-refractivity contribution in [1.82, 2.24) is 19.9 Å². The first-order chi connectivity index (χ1) is 15.2. The highest BCUT2D eigenvalue weighted by Gasteiger charge is 1.97. The van der Waals surface area contributed by atoms with Gasteiger partial charge in [-0.05, 0) is 36.8 Å². The molecule has 4 aromatic heterocycles. The summed E-state index contributed by atoms with van der Waals surface area (Å²) < 4.78 is 0. The van der Waals surface area contributed by atoms with Crippen LogP contribution in [0.5, 0.6) is 0 Å². The van der Waals surface area contributed by atoms with Gasteiger partial charge >= 0.3 is 0 Å². The van der Waals surface area contributed by atoms with Gasteiger partial charge in [-0.2, -0.15) is 0 Å². The van der Waals surface area contributed by atoms with Crippen LogP contribution in [0.1, 0.15) is 81.2 Å². The summed E-state index contributed by atoms with van der Waals surface area (Å²) >= 11 is 0. The van der Waals surface area contributed by atoms with Gasteiger partial charge in [-0.25, -0.2) is 9.97 Å². The van der Waals surface area contributed by atoms with E-state index in [9.17, 15) is 0 Å². The van der Waals surface area contributed by atoms with Gasteiger partial charge in [-0.3, -0.25) is 0 Å². The highest BCUT2D eigenvalue weighted by Crippen LogP contribution is 2.16. The number of aryl methyl sites for hydroxylation is 1. The summed E-state index contributed by atoms with van der Waals surface area (Å²) in [6, 6.07) is 7.86. The third kappa shape index (κ3) is 12.5. The Morgan fingerprint density at radius 1 is 0.742 bits per heavy atom. The fourth-order valence-corrected chi connectivity index (χ4v) is 2.08. The van der Waals surface area contributed by atoms with Crippen LogP contribution in [0.2, 0.25) is 0 Å². The first kappa shape index (κ1) is 32.8. The first-order valence-electron chi connectivity index (χ1n) is 11.7. The number of nitrogen functional groups attached to an aromatic ring is 1. The molecule has 0 atom stereocenters. The second-order valence-electron chi connectivity index (χ2n) is 5.22. The molecule has 5 heteroatoms. The molecule has 0 aliphatic heterocycles. The highest BCUT2D eigenvalue weighted by atomic mass is 14.9. The fourth-order valence-electron chi connectivity index (χ4n) is 2.08. The molecule has 0 saturated carbocycles. The molecule has 0 saturated heterocycles. The lowest BCUT2D eigenvalue weighted by Gasteiger charge is -1.91. The predicted octanol–water partition coefficient (Wildman–Crippen LogP) is 8.54. The largest absolute Gasteiger partial charge is 0.397 e. The number of H-pyrrole nitrogens is 2. The number of rotatable bonds is 0. The Bertz CT molecular complexity index is 856. The maximum atomic E-state index is 5.60. The number of pyridine rings is 2. The number of nitrogens with one attached hydrogen (secondary N) is 2. The molecule has 0 aliphatic rings. The predicted molar refractivity (Wildman–Crippen MR) is 143 cm³/mol. The van der Waals surface area contributed by atoms with Crippen LogP contribution in [0, 0.1) is 6.92 Å². The van der Waals surface area contributed by atoms with E-state index in [0.29, 0.717) is 0 Å². The van der Waals surface area contributed by atoms with Gasteiger partial charge in [0.1, 0.15) is 11.3 Å². The molecule has 0 spiro atoms. The van der Waals surface area contributed by atoms with Crippen LogP contribution < -0.4 is 5.73 Å². The fraction of sp³-hybridized carbons (Fsp3) is 0.462. The van der Waals surface area contributed by atoms with E-state index in [0.717, 1.165) is 22.4 Å². The molecule has 0 radical (unpaired) electrons. The van der Waals surface area contributed by atoms with E-state index in [-0.39, 0.29) is 0 Å². The summed E-state index contributed by atoms with van der Waals surface area (Å²) in [6.07, 6.45) is 8.45. The van der Waals surface area contributed by atoms with E-state index in [4.69, 9.17) is 5.73 Å². The van der Waals surface area contributed by atoms with Crippen molar-refractivity contribution >= 4 is 27.8 Å². The minimum absolute atomic E-state index is 0.753. The maximum absolute atomic E-state index is 5.60. The average Bonchev–Trinajstić information content (AvgIpc) is 3.48. The van der Waals surface area contributed by atoms with Gasteiger partial charge in [0, 0.05) is 35.6 Å². The molecular weight excluding hydrogens is 382 g/mol. The van der Waals surface area contributed by atoms with Crippen molar-refractivity contribution in [3.63, 3.8) is 0 Å². The lowest BCUT2D eigenvalue weighted by Crippen LogP contribution is -1.79. The topological polar surface area (TPSA) is 83.4 Å². The Kier molecular flexibility index (Phi) is 24.8. The summed E-state index contributed by atoms with van der Waals surface area (Å²) in [4.78, 5) is 14.2. The highest BCUT2D eigenvalue weighted by molar-refractivity contribution is 5.88. The van der Waals surface area contributed by atoms with E-state index in [1.165, 1.54) is 17.4 Å². The molecule has 5 nitrogen and oxygen atoms in total. The number of hydrogen-bond donors (Lipinski definition) is 3. The zero-order valence-corrected chi connectivity index (χ0v) is 21.8. The summed E-state index contributed by atoms with van der Waals surface area (Å²) in [5.41, 5.74) is 9.45. The Balaban J connectivity index is -0.000000352. The summed E-state index contributed by atoms with van der Waals surface area (Å²) in [5.74, 6) is 0. The second-order valence-corrected chi connectivity index (χ2v) is 5.22. The van der Waals surface area contributed by atoms with E-state index >= 15 is 0 Å². The SMILES string of the molecule is CC.CC.CC.CC.CCC.Cc1ccnc2[nH]ccc12.Nc1c[nH]c2ncccc12. The Morgan fingerprint density at radius 2 is 1.26 bits per heavy atom. The van der Waals surface area contributed by atoms with Gasteiger partial charge < -0.3 is 15.7 Å². The van der Waals surface area contributed by atoms with Crippen molar-refractivity contribution in [2.24, 2.45) is 0 Å². The number of nitrogens with zero attached hydrogens (tertiary/aromatic N) is 2. The second kappa shape index (κ2) is 23.5. The molecular formula is C26H47N5. The molecule has 4 heterocycles. The smallest absolute Gasteiger partial charge is 0.139 e. The van der Waals surface area contributed by atoms with Gasteiger partial charge in [0.05, 0.1) is 5.69 Å². The zero-order valence-electron chi connectivity index (χ0n) is 21.8. The number of hydrogen-bond acceptors (Lipinski definition) is 3. The van der Waals surface area contributed by atoms with Crippen LogP contribution in [-0.2, 0) is 0 Å². The average molecular weight is 430 g/mol. The Morgan fingerprint density at radius 3 is 1.77 bits per heavy atom. The van der Waals surface area contributed by atoms with Gasteiger partial charge in [0.15, 0.2) is 0 Å². The number of nitrogens with two attached hydrogens (primary N) is 1. The van der Waals surface area contributed by atoms with Crippen molar-refractivity contribution in [2.75, 3.05) is 5.73 Å². The first-order valence-corrected chi connectivity index (χ1v) is 11.7. The van der Waals surface area contributed by atoms with Gasteiger partial charge in [0.2, 0.25) is 0 Å². The molecule has 0 aliphatic carbocycles. The number of aromatic nitrogens is 4. The van der Waals surface area contributed by atoms with Crippen LogP contribution in [-0.4, -0.2) is 19.9 Å². The molecule has 176 valence electrons. The lowest BCUT2D eigenvalue weighted by molar-refractivity contribution is 1.09. The van der Waals surface area contributed by atoms with Gasteiger partial charge in [0.25, 0.3) is 0 Å². The summed E-state index contributed by atoms with van der Waals surface area (Å²) in [7, 11) is 0.